The maximum atomic E-state index is 13.0. The molecular weight excluding hydrogens is 461 g/mol. The summed E-state index contributed by atoms with van der Waals surface area (Å²) < 4.78 is 94.1. The fourth-order valence-electron chi connectivity index (χ4n) is 2.99. The molecule has 0 aliphatic heterocycles. The van der Waals surface area contributed by atoms with E-state index in [4.69, 9.17) is 0 Å². The lowest BCUT2D eigenvalue weighted by atomic mass is 10.2. The number of sulfone groups is 1. The molecule has 14 heteroatoms. The van der Waals surface area contributed by atoms with Crippen LogP contribution in [0.3, 0.4) is 0 Å². The van der Waals surface area contributed by atoms with E-state index in [9.17, 15) is 30.4 Å². The molecule has 0 atom stereocenters. The van der Waals surface area contributed by atoms with Crippen LogP contribution in [0.4, 0.5) is 22.0 Å². The third kappa shape index (κ3) is 3.98. The van der Waals surface area contributed by atoms with Crippen molar-refractivity contribution in [2.24, 2.45) is 0 Å². The van der Waals surface area contributed by atoms with Crippen molar-refractivity contribution in [1.82, 2.24) is 24.8 Å². The molecule has 0 spiro atoms. The molecule has 1 aliphatic carbocycles. The second kappa shape index (κ2) is 7.60. The van der Waals surface area contributed by atoms with Crippen LogP contribution < -0.4 is 4.74 Å². The van der Waals surface area contributed by atoms with Gasteiger partial charge >= 0.3 is 12.1 Å². The van der Waals surface area contributed by atoms with Gasteiger partial charge in [-0.3, -0.25) is 0 Å². The molecule has 3 aromatic heterocycles. The van der Waals surface area contributed by atoms with Crippen LogP contribution in [-0.4, -0.2) is 57.7 Å². The van der Waals surface area contributed by atoms with Crippen LogP contribution >= 0.6 is 0 Å². The smallest absolute Gasteiger partial charge is 0.456 e. The van der Waals surface area contributed by atoms with Gasteiger partial charge in [-0.15, -0.1) is 10.2 Å². The predicted molar refractivity (Wildman–Crippen MR) is 100 cm³/mol. The lowest BCUT2D eigenvalue weighted by molar-refractivity contribution is -0.290. The van der Waals surface area contributed by atoms with Crippen molar-refractivity contribution < 1.29 is 35.1 Å². The Morgan fingerprint density at radius 3 is 2.41 bits per heavy atom. The number of nitrogens with zero attached hydrogens (tertiary/aromatic N) is 5. The zero-order valence-electron chi connectivity index (χ0n) is 16.5. The molecule has 0 saturated heterocycles. The fraction of sp³-hybridized carbons (Fsp3) is 0.444. The largest absolute Gasteiger partial charge is 0.470 e. The molecule has 0 radical (unpaired) electrons. The van der Waals surface area contributed by atoms with Gasteiger partial charge in [0, 0.05) is 23.9 Å². The highest BCUT2D eigenvalue weighted by molar-refractivity contribution is 7.91. The second-order valence-electron chi connectivity index (χ2n) is 7.21. The number of halogens is 5. The standard InChI is InChI=1S/C18H16F5N5O3S/c1-2-32(29,30)16-14(15-24-8-7-12(10-3-4-10)28(15)27-16)11-5-6-13(26-25-11)31-9-17(19,20)18(21,22)23/h5-8,10H,2-4,9H2,1H3. The number of rotatable bonds is 7. The number of hydrogen-bond donors (Lipinski definition) is 0. The molecule has 32 heavy (non-hydrogen) atoms. The van der Waals surface area contributed by atoms with Gasteiger partial charge in [0.25, 0.3) is 0 Å². The van der Waals surface area contributed by atoms with Gasteiger partial charge in [-0.1, -0.05) is 6.92 Å². The minimum absolute atomic E-state index is 0.00223. The highest BCUT2D eigenvalue weighted by atomic mass is 32.2. The van der Waals surface area contributed by atoms with E-state index >= 15 is 0 Å². The molecule has 0 N–H and O–H groups in total. The topological polar surface area (TPSA) is 99.3 Å². The molecule has 3 heterocycles. The second-order valence-corrected chi connectivity index (χ2v) is 9.40. The summed E-state index contributed by atoms with van der Waals surface area (Å²) in [6, 6.07) is 3.96. The van der Waals surface area contributed by atoms with E-state index in [1.54, 1.807) is 6.07 Å². The van der Waals surface area contributed by atoms with Gasteiger partial charge in [-0.05, 0) is 25.0 Å². The minimum Gasteiger partial charge on any atom is -0.470 e. The van der Waals surface area contributed by atoms with E-state index in [1.807, 2.05) is 0 Å². The first-order chi connectivity index (χ1) is 14.9. The van der Waals surface area contributed by atoms with Gasteiger partial charge in [0.05, 0.1) is 11.3 Å². The van der Waals surface area contributed by atoms with Crippen LogP contribution in [0, 0.1) is 0 Å². The summed E-state index contributed by atoms with van der Waals surface area (Å²) in [6.45, 7) is -0.523. The van der Waals surface area contributed by atoms with Crippen molar-refractivity contribution in [2.45, 2.75) is 42.8 Å². The highest BCUT2D eigenvalue weighted by Gasteiger charge is 2.58. The highest BCUT2D eigenvalue weighted by Crippen LogP contribution is 2.41. The quantitative estimate of drug-likeness (QED) is 0.481. The van der Waals surface area contributed by atoms with Crippen molar-refractivity contribution in [3.8, 4) is 17.1 Å². The molecule has 0 aromatic carbocycles. The van der Waals surface area contributed by atoms with Crippen LogP contribution in [0.1, 0.15) is 31.4 Å². The lowest BCUT2D eigenvalue weighted by Crippen LogP contribution is -2.41. The summed E-state index contributed by atoms with van der Waals surface area (Å²) >= 11 is 0. The molecule has 1 saturated carbocycles. The number of aromatic nitrogens is 5. The Kier molecular flexibility index (Phi) is 5.30. The van der Waals surface area contributed by atoms with Crippen LogP contribution in [0.25, 0.3) is 16.9 Å². The first-order valence-corrected chi connectivity index (χ1v) is 11.1. The van der Waals surface area contributed by atoms with Crippen molar-refractivity contribution in [2.75, 3.05) is 12.4 Å². The van der Waals surface area contributed by atoms with Crippen molar-refractivity contribution in [3.05, 3.63) is 30.1 Å². The molecule has 4 rings (SSSR count). The summed E-state index contributed by atoms with van der Waals surface area (Å²) in [5, 5.41) is 11.3. The molecule has 0 amide bonds. The molecule has 0 bridgehead atoms. The predicted octanol–water partition coefficient (Wildman–Crippen LogP) is 3.43. The van der Waals surface area contributed by atoms with E-state index in [-0.39, 0.29) is 33.6 Å². The van der Waals surface area contributed by atoms with Gasteiger partial charge in [0.15, 0.2) is 27.1 Å². The maximum absolute atomic E-state index is 13.0. The first-order valence-electron chi connectivity index (χ1n) is 9.46. The molecule has 0 unspecified atom stereocenters. The van der Waals surface area contributed by atoms with Crippen molar-refractivity contribution in [1.29, 1.82) is 0 Å². The SMILES string of the molecule is CCS(=O)(=O)c1nn2c(C3CC3)ccnc2c1-c1ccc(OCC(F)(F)C(F)(F)F)nn1. The summed E-state index contributed by atoms with van der Waals surface area (Å²) in [5.41, 5.74) is 1.07. The molecule has 3 aromatic rings. The molecule has 1 fully saturated rings. The van der Waals surface area contributed by atoms with E-state index in [2.05, 4.69) is 25.0 Å². The molecule has 8 nitrogen and oxygen atoms in total. The maximum Gasteiger partial charge on any atom is 0.456 e. The third-order valence-corrected chi connectivity index (χ3v) is 6.53. The Balaban J connectivity index is 1.73. The summed E-state index contributed by atoms with van der Waals surface area (Å²) in [4.78, 5) is 4.23. The average molecular weight is 477 g/mol. The number of alkyl halides is 5. The van der Waals surface area contributed by atoms with E-state index in [1.165, 1.54) is 23.7 Å². The monoisotopic (exact) mass is 477 g/mol. The molecule has 172 valence electrons. The number of hydrogen-bond acceptors (Lipinski definition) is 7. The Bertz CT molecular complexity index is 1250. The Morgan fingerprint density at radius 1 is 1.12 bits per heavy atom. The lowest BCUT2D eigenvalue weighted by Gasteiger charge is -2.19. The third-order valence-electron chi connectivity index (χ3n) is 4.90. The Labute approximate surface area is 178 Å². The minimum atomic E-state index is -5.77. The van der Waals surface area contributed by atoms with Gasteiger partial charge in [0.1, 0.15) is 5.69 Å². The first kappa shape index (κ1) is 22.3. The van der Waals surface area contributed by atoms with Gasteiger partial charge in [0.2, 0.25) is 5.88 Å². The normalized spacial score (nSPS) is 15.3. The van der Waals surface area contributed by atoms with E-state index in [0.29, 0.717) is 0 Å². The zero-order valence-corrected chi connectivity index (χ0v) is 17.3. The van der Waals surface area contributed by atoms with Crippen LogP contribution in [0.2, 0.25) is 0 Å². The van der Waals surface area contributed by atoms with Crippen molar-refractivity contribution in [3.63, 3.8) is 0 Å². The molecular formula is C18H16F5N5O3S. The summed E-state index contributed by atoms with van der Waals surface area (Å²) in [5.74, 6) is -5.67. The van der Waals surface area contributed by atoms with Crippen LogP contribution in [0.5, 0.6) is 5.88 Å². The zero-order chi connectivity index (χ0) is 23.3. The van der Waals surface area contributed by atoms with Crippen molar-refractivity contribution >= 4 is 15.5 Å². The fourth-order valence-corrected chi connectivity index (χ4v) is 3.97. The van der Waals surface area contributed by atoms with Gasteiger partial charge < -0.3 is 4.74 Å². The molecule has 1 aliphatic rings. The number of fused-ring (bicyclic) bond motifs is 1. The Morgan fingerprint density at radius 2 is 1.84 bits per heavy atom. The average Bonchev–Trinajstić information content (AvgIpc) is 3.50. The van der Waals surface area contributed by atoms with E-state index < -0.39 is 34.4 Å². The van der Waals surface area contributed by atoms with Crippen LogP contribution in [-0.2, 0) is 9.84 Å². The summed E-state index contributed by atoms with van der Waals surface area (Å²) in [7, 11) is -3.81. The number of ether oxygens (including phenoxy) is 1. The Hall–Kier alpha value is -2.90. The summed E-state index contributed by atoms with van der Waals surface area (Å²) in [6.07, 6.45) is -2.40. The van der Waals surface area contributed by atoms with Crippen LogP contribution in [0.15, 0.2) is 29.4 Å². The van der Waals surface area contributed by atoms with Gasteiger partial charge in [-0.2, -0.15) is 27.1 Å². The van der Waals surface area contributed by atoms with E-state index in [0.717, 1.165) is 24.6 Å². The van der Waals surface area contributed by atoms with Gasteiger partial charge in [-0.25, -0.2) is 17.9 Å².